The molecule has 0 aliphatic carbocycles. The van der Waals surface area contributed by atoms with Crippen molar-refractivity contribution in [2.75, 3.05) is 7.11 Å². The second kappa shape index (κ2) is 7.46. The summed E-state index contributed by atoms with van der Waals surface area (Å²) in [5.74, 6) is 1.80. The lowest BCUT2D eigenvalue weighted by Crippen LogP contribution is -2.21. The third-order valence-electron chi connectivity index (χ3n) is 4.55. The fraction of sp³-hybridized carbons (Fsp3) is 0.130. The van der Waals surface area contributed by atoms with Crippen LogP contribution in [0.15, 0.2) is 89.3 Å². The van der Waals surface area contributed by atoms with Crippen molar-refractivity contribution in [1.29, 1.82) is 0 Å². The van der Waals surface area contributed by atoms with Crippen molar-refractivity contribution < 1.29 is 9.15 Å². The number of nitrogens with one attached hydrogen (secondary N) is 1. The number of hydrogen-bond acceptors (Lipinski definition) is 3. The van der Waals surface area contributed by atoms with Crippen molar-refractivity contribution >= 4 is 11.0 Å². The summed E-state index contributed by atoms with van der Waals surface area (Å²) in [5.41, 5.74) is 3.19. The topological polar surface area (TPSA) is 34.4 Å². The summed E-state index contributed by atoms with van der Waals surface area (Å²) < 4.78 is 11.6. The summed E-state index contributed by atoms with van der Waals surface area (Å²) in [6.45, 7) is 0.681. The minimum atomic E-state index is -0.0338. The predicted octanol–water partition coefficient (Wildman–Crippen LogP) is 5.32. The van der Waals surface area contributed by atoms with E-state index in [0.717, 1.165) is 28.0 Å². The van der Waals surface area contributed by atoms with Gasteiger partial charge in [0.15, 0.2) is 0 Å². The molecule has 0 aliphatic heterocycles. The Balaban J connectivity index is 1.67. The monoisotopic (exact) mass is 343 g/mol. The van der Waals surface area contributed by atoms with Crippen molar-refractivity contribution in [2.45, 2.75) is 12.6 Å². The van der Waals surface area contributed by atoms with Gasteiger partial charge in [0.2, 0.25) is 0 Å². The Morgan fingerprint density at radius 1 is 0.885 bits per heavy atom. The number of hydrogen-bond donors (Lipinski definition) is 1. The van der Waals surface area contributed by atoms with Crippen LogP contribution in [0.25, 0.3) is 11.0 Å². The molecule has 0 spiro atoms. The zero-order valence-corrected chi connectivity index (χ0v) is 14.7. The largest absolute Gasteiger partial charge is 0.496 e. The SMILES string of the molecule is COc1ccccc1CN[C@H](c1ccccc1)c1cc2ccccc2o1. The summed E-state index contributed by atoms with van der Waals surface area (Å²) in [7, 11) is 1.70. The fourth-order valence-corrected chi connectivity index (χ4v) is 3.23. The number of ether oxygens (including phenoxy) is 1. The molecule has 0 fully saturated rings. The molecule has 0 unspecified atom stereocenters. The van der Waals surface area contributed by atoms with E-state index in [-0.39, 0.29) is 6.04 Å². The van der Waals surface area contributed by atoms with Gasteiger partial charge in [-0.05, 0) is 23.8 Å². The molecule has 0 radical (unpaired) electrons. The molecule has 0 saturated carbocycles. The van der Waals surface area contributed by atoms with Gasteiger partial charge in [0.05, 0.1) is 13.2 Å². The second-order valence-electron chi connectivity index (χ2n) is 6.22. The van der Waals surface area contributed by atoms with E-state index >= 15 is 0 Å². The highest BCUT2D eigenvalue weighted by atomic mass is 16.5. The summed E-state index contributed by atoms with van der Waals surface area (Å²) in [6, 6.07) is 28.6. The molecule has 4 aromatic rings. The van der Waals surface area contributed by atoms with E-state index in [4.69, 9.17) is 9.15 Å². The molecule has 3 aromatic carbocycles. The number of fused-ring (bicyclic) bond motifs is 1. The summed E-state index contributed by atoms with van der Waals surface area (Å²) in [5, 5.41) is 4.74. The molecule has 1 atom stereocenters. The first-order valence-corrected chi connectivity index (χ1v) is 8.74. The molecule has 0 saturated heterocycles. The lowest BCUT2D eigenvalue weighted by molar-refractivity contribution is 0.404. The van der Waals surface area contributed by atoms with Gasteiger partial charge in [0.1, 0.15) is 17.1 Å². The molecule has 0 bridgehead atoms. The molecule has 1 N–H and O–H groups in total. The Morgan fingerprint density at radius 2 is 1.62 bits per heavy atom. The smallest absolute Gasteiger partial charge is 0.134 e. The van der Waals surface area contributed by atoms with Gasteiger partial charge >= 0.3 is 0 Å². The van der Waals surface area contributed by atoms with E-state index in [1.807, 2.05) is 42.5 Å². The normalized spacial score (nSPS) is 12.2. The van der Waals surface area contributed by atoms with E-state index in [0.29, 0.717) is 6.54 Å². The van der Waals surface area contributed by atoms with Crippen molar-refractivity contribution in [3.8, 4) is 5.75 Å². The first-order valence-electron chi connectivity index (χ1n) is 8.74. The average Bonchev–Trinajstić information content (AvgIpc) is 3.13. The molecule has 1 aromatic heterocycles. The minimum Gasteiger partial charge on any atom is -0.496 e. The Morgan fingerprint density at radius 3 is 2.42 bits per heavy atom. The van der Waals surface area contributed by atoms with Crippen molar-refractivity contribution in [2.24, 2.45) is 0 Å². The van der Waals surface area contributed by atoms with Crippen LogP contribution >= 0.6 is 0 Å². The van der Waals surface area contributed by atoms with E-state index in [2.05, 4.69) is 47.8 Å². The van der Waals surface area contributed by atoms with Crippen LogP contribution in [-0.2, 0) is 6.54 Å². The van der Waals surface area contributed by atoms with Crippen LogP contribution in [0.2, 0.25) is 0 Å². The van der Waals surface area contributed by atoms with E-state index in [9.17, 15) is 0 Å². The van der Waals surface area contributed by atoms with E-state index in [1.165, 1.54) is 5.56 Å². The Bertz CT molecular complexity index is 958. The van der Waals surface area contributed by atoms with Crippen molar-refractivity contribution in [3.63, 3.8) is 0 Å². The fourth-order valence-electron chi connectivity index (χ4n) is 3.23. The van der Waals surface area contributed by atoms with Gasteiger partial charge < -0.3 is 9.15 Å². The van der Waals surface area contributed by atoms with E-state index < -0.39 is 0 Å². The van der Waals surface area contributed by atoms with Gasteiger partial charge in [-0.1, -0.05) is 66.7 Å². The number of para-hydroxylation sites is 2. The first kappa shape index (κ1) is 16.4. The summed E-state index contributed by atoms with van der Waals surface area (Å²) >= 11 is 0. The lowest BCUT2D eigenvalue weighted by Gasteiger charge is -2.18. The lowest BCUT2D eigenvalue weighted by atomic mass is 10.0. The highest BCUT2D eigenvalue weighted by Gasteiger charge is 2.18. The van der Waals surface area contributed by atoms with E-state index in [1.54, 1.807) is 7.11 Å². The van der Waals surface area contributed by atoms with Gasteiger partial charge in [0, 0.05) is 17.5 Å². The minimum absolute atomic E-state index is 0.0338. The molecule has 1 heterocycles. The highest BCUT2D eigenvalue weighted by Crippen LogP contribution is 2.29. The Labute approximate surface area is 153 Å². The van der Waals surface area contributed by atoms with Crippen LogP contribution in [0.5, 0.6) is 5.75 Å². The van der Waals surface area contributed by atoms with Crippen LogP contribution in [0.4, 0.5) is 0 Å². The number of furan rings is 1. The van der Waals surface area contributed by atoms with Gasteiger partial charge in [-0.2, -0.15) is 0 Å². The maximum atomic E-state index is 6.14. The molecule has 3 nitrogen and oxygen atoms in total. The standard InChI is InChI=1S/C23H21NO2/c1-25-20-13-7-6-12-19(20)16-24-23(17-9-3-2-4-10-17)22-15-18-11-5-8-14-21(18)26-22/h2-15,23-24H,16H2,1H3/t23-/m1/s1. The van der Waals surface area contributed by atoms with Crippen LogP contribution in [-0.4, -0.2) is 7.11 Å². The molecule has 130 valence electrons. The van der Waals surface area contributed by atoms with Crippen LogP contribution < -0.4 is 10.1 Å². The Kier molecular flexibility index (Phi) is 4.71. The van der Waals surface area contributed by atoms with Crippen molar-refractivity contribution in [3.05, 3.63) is 102 Å². The molecule has 3 heteroatoms. The van der Waals surface area contributed by atoms with Gasteiger partial charge in [-0.25, -0.2) is 0 Å². The van der Waals surface area contributed by atoms with Gasteiger partial charge in [-0.3, -0.25) is 5.32 Å². The molecule has 0 amide bonds. The number of methoxy groups -OCH3 is 1. The zero-order chi connectivity index (χ0) is 17.8. The molecular weight excluding hydrogens is 322 g/mol. The Hall–Kier alpha value is -3.04. The predicted molar refractivity (Wildman–Crippen MR) is 104 cm³/mol. The maximum Gasteiger partial charge on any atom is 0.134 e. The number of benzene rings is 3. The van der Waals surface area contributed by atoms with Crippen LogP contribution in [0, 0.1) is 0 Å². The number of rotatable bonds is 6. The van der Waals surface area contributed by atoms with Gasteiger partial charge in [0.25, 0.3) is 0 Å². The third kappa shape index (κ3) is 3.35. The molecule has 4 rings (SSSR count). The molecule has 26 heavy (non-hydrogen) atoms. The maximum absolute atomic E-state index is 6.14. The van der Waals surface area contributed by atoms with Crippen LogP contribution in [0.1, 0.15) is 22.9 Å². The van der Waals surface area contributed by atoms with Crippen molar-refractivity contribution in [1.82, 2.24) is 5.32 Å². The first-order chi connectivity index (χ1) is 12.8. The quantitative estimate of drug-likeness (QED) is 0.514. The average molecular weight is 343 g/mol. The molecule has 0 aliphatic rings. The summed E-state index contributed by atoms with van der Waals surface area (Å²) in [6.07, 6.45) is 0. The van der Waals surface area contributed by atoms with Gasteiger partial charge in [-0.15, -0.1) is 0 Å². The third-order valence-corrected chi connectivity index (χ3v) is 4.55. The zero-order valence-electron chi connectivity index (χ0n) is 14.7. The van der Waals surface area contributed by atoms with Crippen LogP contribution in [0.3, 0.4) is 0 Å². The summed E-state index contributed by atoms with van der Waals surface area (Å²) in [4.78, 5) is 0. The highest BCUT2D eigenvalue weighted by molar-refractivity contribution is 5.78. The second-order valence-corrected chi connectivity index (χ2v) is 6.22. The molecular formula is C23H21NO2.